The molecule has 0 saturated carbocycles. The van der Waals surface area contributed by atoms with Crippen LogP contribution in [-0.4, -0.2) is 33.8 Å². The zero-order valence-corrected chi connectivity index (χ0v) is 14.1. The van der Waals surface area contributed by atoms with E-state index in [1.165, 1.54) is 17.3 Å². The number of hydrogen-bond donors (Lipinski definition) is 1. The van der Waals surface area contributed by atoms with Crippen LogP contribution >= 0.6 is 0 Å². The third-order valence-corrected chi connectivity index (χ3v) is 3.97. The van der Waals surface area contributed by atoms with Crippen LogP contribution in [-0.2, 0) is 4.79 Å². The molecular weight excluding hydrogens is 352 g/mol. The average Bonchev–Trinajstić information content (AvgIpc) is 2.94. The summed E-state index contributed by atoms with van der Waals surface area (Å²) in [6.45, 7) is 1.67. The molecule has 0 saturated heterocycles. The van der Waals surface area contributed by atoms with Gasteiger partial charge in [-0.15, -0.1) is 0 Å². The fraction of sp³-hybridized carbons (Fsp3) is 0.111. The number of carbonyl (C=O) groups is 2. The molecule has 9 nitrogen and oxygen atoms in total. The Labute approximate surface area is 153 Å². The quantitative estimate of drug-likeness (QED) is 0.494. The molecule has 2 aromatic carbocycles. The summed E-state index contributed by atoms with van der Waals surface area (Å²) < 4.78 is 0. The zero-order chi connectivity index (χ0) is 19.6. The van der Waals surface area contributed by atoms with E-state index in [1.807, 2.05) is 6.07 Å². The van der Waals surface area contributed by atoms with Gasteiger partial charge < -0.3 is 5.11 Å². The number of anilines is 1. The highest BCUT2D eigenvalue weighted by molar-refractivity contribution is 6.23. The maximum absolute atomic E-state index is 12.6. The Kier molecular flexibility index (Phi) is 4.75. The molecular formula is C18H14N4O5. The first-order valence-corrected chi connectivity index (χ1v) is 7.88. The van der Waals surface area contributed by atoms with E-state index >= 15 is 0 Å². The minimum atomic E-state index is -1.35. The highest BCUT2D eigenvalue weighted by atomic mass is 16.6. The second-order valence-corrected chi connectivity index (χ2v) is 5.75. The SMILES string of the molecule is CC1=NN(c2ccccc2)C(=O)C1/C=N/c1ccc([N+](=O)[O-])cc1C(=O)O. The van der Waals surface area contributed by atoms with Gasteiger partial charge in [0.15, 0.2) is 0 Å². The number of hydrazone groups is 1. The fourth-order valence-electron chi connectivity index (χ4n) is 2.58. The average molecular weight is 366 g/mol. The number of aliphatic imine (C=N–C) groups is 1. The summed E-state index contributed by atoms with van der Waals surface area (Å²) in [7, 11) is 0. The molecule has 1 N–H and O–H groups in total. The van der Waals surface area contributed by atoms with Gasteiger partial charge in [-0.3, -0.25) is 19.9 Å². The lowest BCUT2D eigenvalue weighted by Gasteiger charge is -2.12. The summed E-state index contributed by atoms with van der Waals surface area (Å²) in [4.78, 5) is 38.2. The van der Waals surface area contributed by atoms with Crippen LogP contribution in [0, 0.1) is 16.0 Å². The number of aromatic carboxylic acids is 1. The number of amides is 1. The van der Waals surface area contributed by atoms with Gasteiger partial charge in [0.25, 0.3) is 11.6 Å². The van der Waals surface area contributed by atoms with Crippen molar-refractivity contribution in [1.29, 1.82) is 0 Å². The van der Waals surface area contributed by atoms with Gasteiger partial charge in [0.2, 0.25) is 0 Å². The molecule has 1 unspecified atom stereocenters. The minimum Gasteiger partial charge on any atom is -0.478 e. The molecule has 0 bridgehead atoms. The number of carboxylic acid groups (broad SMARTS) is 1. The molecule has 0 spiro atoms. The standard InChI is InChI=1S/C18H14N4O5/c1-11-15(17(23)21(20-11)12-5-3-2-4-6-12)10-19-16-8-7-13(22(26)27)9-14(16)18(24)25/h2-10,15H,1H3,(H,24,25)/b19-10+. The minimum absolute atomic E-state index is 0.0202. The molecule has 0 aliphatic carbocycles. The van der Waals surface area contributed by atoms with Gasteiger partial charge in [0.05, 0.1) is 27.6 Å². The molecule has 0 radical (unpaired) electrons. The first kappa shape index (κ1) is 17.9. The lowest BCUT2D eigenvalue weighted by atomic mass is 10.1. The Hall–Kier alpha value is -3.88. The monoisotopic (exact) mass is 366 g/mol. The Morgan fingerprint density at radius 3 is 2.63 bits per heavy atom. The van der Waals surface area contributed by atoms with Crippen LogP contribution in [0.4, 0.5) is 17.1 Å². The highest BCUT2D eigenvalue weighted by Gasteiger charge is 2.33. The molecule has 1 aliphatic heterocycles. The van der Waals surface area contributed by atoms with Crippen molar-refractivity contribution >= 4 is 40.9 Å². The van der Waals surface area contributed by atoms with Crippen molar-refractivity contribution in [2.45, 2.75) is 6.92 Å². The Morgan fingerprint density at radius 2 is 2.00 bits per heavy atom. The van der Waals surface area contributed by atoms with Crippen molar-refractivity contribution < 1.29 is 19.6 Å². The van der Waals surface area contributed by atoms with Crippen LogP contribution in [0.15, 0.2) is 58.6 Å². The van der Waals surface area contributed by atoms with Crippen LogP contribution in [0.5, 0.6) is 0 Å². The molecule has 1 heterocycles. The number of rotatable bonds is 5. The second-order valence-electron chi connectivity index (χ2n) is 5.75. The van der Waals surface area contributed by atoms with Gasteiger partial charge in [0, 0.05) is 18.3 Å². The number of nitro groups is 1. The van der Waals surface area contributed by atoms with Gasteiger partial charge in [-0.1, -0.05) is 18.2 Å². The van der Waals surface area contributed by atoms with Crippen molar-refractivity contribution in [2.24, 2.45) is 16.0 Å². The number of carboxylic acids is 1. The number of nitro benzene ring substituents is 1. The van der Waals surface area contributed by atoms with E-state index in [0.717, 1.165) is 12.1 Å². The Bertz CT molecular complexity index is 985. The summed E-state index contributed by atoms with van der Waals surface area (Å²) in [6, 6.07) is 12.2. The van der Waals surface area contributed by atoms with Gasteiger partial charge in [0.1, 0.15) is 5.92 Å². The Balaban J connectivity index is 1.88. The summed E-state index contributed by atoms with van der Waals surface area (Å²) in [5.41, 5.74) is 0.467. The molecule has 0 fully saturated rings. The zero-order valence-electron chi connectivity index (χ0n) is 14.1. The maximum Gasteiger partial charge on any atom is 0.338 e. The molecule has 1 aliphatic rings. The van der Waals surface area contributed by atoms with Crippen molar-refractivity contribution in [3.05, 3.63) is 64.2 Å². The summed E-state index contributed by atoms with van der Waals surface area (Å²) >= 11 is 0. The van der Waals surface area contributed by atoms with Gasteiger partial charge in [-0.05, 0) is 25.1 Å². The lowest BCUT2D eigenvalue weighted by molar-refractivity contribution is -0.384. The van der Waals surface area contributed by atoms with Crippen molar-refractivity contribution in [3.63, 3.8) is 0 Å². The predicted octanol–water partition coefficient (Wildman–Crippen LogP) is 3.03. The van der Waals surface area contributed by atoms with E-state index in [4.69, 9.17) is 0 Å². The van der Waals surface area contributed by atoms with E-state index in [9.17, 15) is 24.8 Å². The van der Waals surface area contributed by atoms with Crippen LogP contribution in [0.2, 0.25) is 0 Å². The maximum atomic E-state index is 12.6. The second kappa shape index (κ2) is 7.16. The van der Waals surface area contributed by atoms with E-state index in [1.54, 1.807) is 31.2 Å². The Morgan fingerprint density at radius 1 is 1.30 bits per heavy atom. The third kappa shape index (κ3) is 3.56. The van der Waals surface area contributed by atoms with E-state index < -0.39 is 16.8 Å². The van der Waals surface area contributed by atoms with Crippen LogP contribution in [0.25, 0.3) is 0 Å². The van der Waals surface area contributed by atoms with Crippen LogP contribution < -0.4 is 5.01 Å². The molecule has 1 amide bonds. The number of hydrogen-bond acceptors (Lipinski definition) is 6. The topological polar surface area (TPSA) is 125 Å². The molecule has 3 rings (SSSR count). The summed E-state index contributed by atoms with van der Waals surface area (Å²) in [5.74, 6) is -2.41. The van der Waals surface area contributed by atoms with Gasteiger partial charge >= 0.3 is 5.97 Å². The number of non-ortho nitro benzene ring substituents is 1. The van der Waals surface area contributed by atoms with E-state index in [-0.39, 0.29) is 22.8 Å². The van der Waals surface area contributed by atoms with Crippen molar-refractivity contribution in [1.82, 2.24) is 0 Å². The molecule has 1 atom stereocenters. The van der Waals surface area contributed by atoms with Crippen LogP contribution in [0.1, 0.15) is 17.3 Å². The first-order valence-electron chi connectivity index (χ1n) is 7.88. The first-order chi connectivity index (χ1) is 12.9. The summed E-state index contributed by atoms with van der Waals surface area (Å²) in [5, 5.41) is 25.6. The smallest absolute Gasteiger partial charge is 0.338 e. The largest absolute Gasteiger partial charge is 0.478 e. The molecule has 27 heavy (non-hydrogen) atoms. The third-order valence-electron chi connectivity index (χ3n) is 3.97. The number of carbonyl (C=O) groups excluding carboxylic acids is 1. The van der Waals surface area contributed by atoms with Gasteiger partial charge in [-0.25, -0.2) is 4.79 Å². The molecule has 0 aromatic heterocycles. The number of benzene rings is 2. The summed E-state index contributed by atoms with van der Waals surface area (Å²) in [6.07, 6.45) is 1.30. The molecule has 2 aromatic rings. The number of nitrogens with zero attached hydrogens (tertiary/aromatic N) is 4. The highest BCUT2D eigenvalue weighted by Crippen LogP contribution is 2.26. The van der Waals surface area contributed by atoms with E-state index in [2.05, 4.69) is 10.1 Å². The van der Waals surface area contributed by atoms with Crippen LogP contribution in [0.3, 0.4) is 0 Å². The predicted molar refractivity (Wildman–Crippen MR) is 98.7 cm³/mol. The van der Waals surface area contributed by atoms with Crippen molar-refractivity contribution in [2.75, 3.05) is 5.01 Å². The molecule has 9 heteroatoms. The van der Waals surface area contributed by atoms with Crippen molar-refractivity contribution in [3.8, 4) is 0 Å². The van der Waals surface area contributed by atoms with E-state index in [0.29, 0.717) is 11.4 Å². The normalized spacial score (nSPS) is 16.6. The number of para-hydroxylation sites is 1. The molecule has 136 valence electrons. The van der Waals surface area contributed by atoms with Gasteiger partial charge in [-0.2, -0.15) is 10.1 Å². The lowest BCUT2D eigenvalue weighted by Crippen LogP contribution is -2.27. The fourth-order valence-corrected chi connectivity index (χ4v) is 2.58.